The highest BCUT2D eigenvalue weighted by Gasteiger charge is 2.43. The van der Waals surface area contributed by atoms with Crippen molar-refractivity contribution < 1.29 is 42.6 Å². The number of ketones is 1. The summed E-state index contributed by atoms with van der Waals surface area (Å²) in [6.45, 7) is 0.616. The lowest BCUT2D eigenvalue weighted by molar-refractivity contribution is -0.208. The summed E-state index contributed by atoms with van der Waals surface area (Å²) in [5, 5.41) is 13.8. The fourth-order valence-electron chi connectivity index (χ4n) is 5.44. The molecule has 1 saturated heterocycles. The molecule has 49 heavy (non-hydrogen) atoms. The number of halogens is 2. The molecule has 0 spiro atoms. The monoisotopic (exact) mass is 685 g/mol. The summed E-state index contributed by atoms with van der Waals surface area (Å²) in [5.74, 6) is -2.09. The molecular formula is C36H29ClFN3O8. The molecule has 0 bridgehead atoms. The third-order valence-corrected chi connectivity index (χ3v) is 8.24. The van der Waals surface area contributed by atoms with Gasteiger partial charge >= 0.3 is 12.3 Å². The third-order valence-electron chi connectivity index (χ3n) is 7.99. The van der Waals surface area contributed by atoms with Crippen LogP contribution in [-0.4, -0.2) is 63.7 Å². The number of ether oxygens (including phenoxy) is 3. The first-order valence-corrected chi connectivity index (χ1v) is 15.6. The van der Waals surface area contributed by atoms with Gasteiger partial charge in [0.05, 0.1) is 0 Å². The molecule has 11 nitrogen and oxygen atoms in total. The molecule has 1 aliphatic rings. The normalized spacial score (nSPS) is 14.2. The van der Waals surface area contributed by atoms with Gasteiger partial charge in [0, 0.05) is 59.8 Å². The lowest BCUT2D eigenvalue weighted by Crippen LogP contribution is -2.49. The molecule has 250 valence electrons. The predicted molar refractivity (Wildman–Crippen MR) is 175 cm³/mol. The van der Waals surface area contributed by atoms with E-state index in [2.05, 4.69) is 15.0 Å². The highest BCUT2D eigenvalue weighted by atomic mass is 35.5. The van der Waals surface area contributed by atoms with Crippen LogP contribution in [0, 0.1) is 5.82 Å². The molecule has 0 radical (unpaired) electrons. The maximum Gasteiger partial charge on any atom is 0.512 e. The summed E-state index contributed by atoms with van der Waals surface area (Å²) in [4.78, 5) is 42.7. The Bertz CT molecular complexity index is 1940. The largest absolute Gasteiger partial charge is 0.512 e. The molecule has 1 fully saturated rings. The molecule has 0 amide bonds. The number of hydrogen-bond acceptors (Lipinski definition) is 10. The highest BCUT2D eigenvalue weighted by molar-refractivity contribution is 6.30. The van der Waals surface area contributed by atoms with Crippen molar-refractivity contribution in [3.05, 3.63) is 119 Å². The zero-order valence-corrected chi connectivity index (χ0v) is 26.6. The summed E-state index contributed by atoms with van der Waals surface area (Å²) < 4.78 is 35.6. The lowest BCUT2D eigenvalue weighted by atomic mass is 10.0. The number of Topliss-reactive ketones (excluding diaryl/α,β-unsaturated/α-hetero) is 1. The van der Waals surface area contributed by atoms with Crippen LogP contribution in [0.15, 0.2) is 102 Å². The molecule has 6 rings (SSSR count). The summed E-state index contributed by atoms with van der Waals surface area (Å²) in [6.07, 6.45) is -2.72. The van der Waals surface area contributed by atoms with Gasteiger partial charge in [-0.05, 0) is 47.5 Å². The van der Waals surface area contributed by atoms with Crippen LogP contribution in [-0.2, 0) is 20.8 Å². The molecule has 0 unspecified atom stereocenters. The Morgan fingerprint density at radius 1 is 0.878 bits per heavy atom. The number of aromatic nitrogens is 2. The third kappa shape index (κ3) is 8.29. The average molecular weight is 686 g/mol. The molecule has 5 aromatic rings. The van der Waals surface area contributed by atoms with Gasteiger partial charge < -0.3 is 23.8 Å². The van der Waals surface area contributed by atoms with E-state index in [0.29, 0.717) is 52.7 Å². The van der Waals surface area contributed by atoms with Gasteiger partial charge in [-0.15, -0.1) is 0 Å². The number of rotatable bonds is 10. The van der Waals surface area contributed by atoms with Crippen LogP contribution in [0.3, 0.4) is 0 Å². The highest BCUT2D eigenvalue weighted by Crippen LogP contribution is 2.31. The van der Waals surface area contributed by atoms with Crippen molar-refractivity contribution >= 4 is 29.7 Å². The van der Waals surface area contributed by atoms with Crippen LogP contribution in [0.2, 0.25) is 5.02 Å². The van der Waals surface area contributed by atoms with E-state index in [1.807, 2.05) is 54.6 Å². The number of piperidine rings is 1. The van der Waals surface area contributed by atoms with Crippen LogP contribution in [0.4, 0.5) is 14.0 Å². The first-order chi connectivity index (χ1) is 23.7. The molecule has 1 aliphatic heterocycles. The molecule has 0 aliphatic carbocycles. The molecule has 0 saturated carbocycles. The predicted octanol–water partition coefficient (Wildman–Crippen LogP) is 7.89. The number of carbonyl (C=O) groups excluding carboxylic acids is 2. The Balaban J connectivity index is 1.03. The maximum absolute atomic E-state index is 14.9. The van der Waals surface area contributed by atoms with Gasteiger partial charge in [-0.2, -0.15) is 4.98 Å². The van der Waals surface area contributed by atoms with E-state index in [0.717, 1.165) is 11.1 Å². The second kappa shape index (κ2) is 14.7. The standard InChI is InChI=1S/C36H29ClFN3O8/c37-28-13-10-25(11-14-28)31(42)22-46-35(45)48-36(47-34(43)44)16-18-41(19-17-36)21-23-6-8-26(9-7-23)32-39-33(49-40-32)27-12-15-29(30(38)20-27)24-4-2-1-3-5-24/h1-15,20H,16-19,21-22H2,(H,43,44). The van der Waals surface area contributed by atoms with Crippen molar-refractivity contribution in [2.24, 2.45) is 0 Å². The summed E-state index contributed by atoms with van der Waals surface area (Å²) >= 11 is 5.83. The topological polar surface area (TPSA) is 141 Å². The van der Waals surface area contributed by atoms with E-state index < -0.39 is 36.3 Å². The first kappa shape index (κ1) is 33.3. The number of benzene rings is 4. The minimum atomic E-state index is -1.76. The number of carboxylic acid groups (broad SMARTS) is 1. The van der Waals surface area contributed by atoms with Gasteiger partial charge in [0.25, 0.3) is 11.7 Å². The van der Waals surface area contributed by atoms with Crippen molar-refractivity contribution in [1.29, 1.82) is 0 Å². The fourth-order valence-corrected chi connectivity index (χ4v) is 5.56. The van der Waals surface area contributed by atoms with Crippen LogP contribution in [0.1, 0.15) is 28.8 Å². The van der Waals surface area contributed by atoms with Crippen LogP contribution in [0.5, 0.6) is 0 Å². The Labute approximate surface area is 284 Å². The Kier molecular flexibility index (Phi) is 9.97. The lowest BCUT2D eigenvalue weighted by Gasteiger charge is -2.38. The number of carbonyl (C=O) groups is 3. The van der Waals surface area contributed by atoms with Crippen LogP contribution in [0.25, 0.3) is 34.0 Å². The van der Waals surface area contributed by atoms with Gasteiger partial charge in [0.1, 0.15) is 5.82 Å². The van der Waals surface area contributed by atoms with E-state index in [1.54, 1.807) is 12.1 Å². The van der Waals surface area contributed by atoms with Crippen LogP contribution >= 0.6 is 11.6 Å². The Hall–Kier alpha value is -5.59. The average Bonchev–Trinajstić information content (AvgIpc) is 3.60. The molecular weight excluding hydrogens is 657 g/mol. The number of likely N-dealkylation sites (tertiary alicyclic amines) is 1. The fraction of sp³-hybridized carbons (Fsp3) is 0.194. The van der Waals surface area contributed by atoms with E-state index in [1.165, 1.54) is 30.3 Å². The minimum absolute atomic E-state index is 0.0518. The molecule has 1 aromatic heterocycles. The van der Waals surface area contributed by atoms with Gasteiger partial charge in [0.15, 0.2) is 12.4 Å². The summed E-state index contributed by atoms with van der Waals surface area (Å²) in [6, 6.07) is 27.6. The van der Waals surface area contributed by atoms with Crippen molar-refractivity contribution in [1.82, 2.24) is 15.0 Å². The van der Waals surface area contributed by atoms with Crippen molar-refractivity contribution in [2.45, 2.75) is 25.2 Å². The zero-order chi connectivity index (χ0) is 34.4. The SMILES string of the molecule is O=C(O)OC1(OC(=O)OCC(=O)c2ccc(Cl)cc2)CCN(Cc2ccc(-c3noc(-c4ccc(-c5ccccc5)c(F)c4)n3)cc2)CC1. The number of nitrogens with zero attached hydrogens (tertiary/aromatic N) is 3. The van der Waals surface area contributed by atoms with Gasteiger partial charge in [-0.25, -0.2) is 14.0 Å². The van der Waals surface area contributed by atoms with Gasteiger partial charge in [0.2, 0.25) is 5.82 Å². The second-order valence-electron chi connectivity index (χ2n) is 11.3. The van der Waals surface area contributed by atoms with Gasteiger partial charge in [-0.1, -0.05) is 77.4 Å². The van der Waals surface area contributed by atoms with E-state index in [9.17, 15) is 23.9 Å². The Morgan fingerprint density at radius 3 is 2.24 bits per heavy atom. The molecule has 0 atom stereocenters. The molecule has 4 aromatic carbocycles. The van der Waals surface area contributed by atoms with Crippen molar-refractivity contribution in [3.8, 4) is 34.0 Å². The second-order valence-corrected chi connectivity index (χ2v) is 11.7. The minimum Gasteiger partial charge on any atom is -0.450 e. The van der Waals surface area contributed by atoms with E-state index in [-0.39, 0.29) is 18.7 Å². The number of hydrogen-bond donors (Lipinski definition) is 1. The molecule has 1 N–H and O–H groups in total. The maximum atomic E-state index is 14.9. The quantitative estimate of drug-likeness (QED) is 0.0871. The van der Waals surface area contributed by atoms with E-state index in [4.69, 9.17) is 30.3 Å². The Morgan fingerprint density at radius 2 is 1.57 bits per heavy atom. The molecule has 13 heteroatoms. The zero-order valence-electron chi connectivity index (χ0n) is 25.9. The van der Waals surface area contributed by atoms with E-state index >= 15 is 0 Å². The first-order valence-electron chi connectivity index (χ1n) is 15.2. The summed E-state index contributed by atoms with van der Waals surface area (Å²) in [7, 11) is 0. The smallest absolute Gasteiger partial charge is 0.450 e. The van der Waals surface area contributed by atoms with Crippen molar-refractivity contribution in [2.75, 3.05) is 19.7 Å². The van der Waals surface area contributed by atoms with Gasteiger partial charge in [-0.3, -0.25) is 9.69 Å². The summed E-state index contributed by atoms with van der Waals surface area (Å²) in [5.41, 5.74) is 3.66. The molecule has 2 heterocycles. The van der Waals surface area contributed by atoms with Crippen molar-refractivity contribution in [3.63, 3.8) is 0 Å². The van der Waals surface area contributed by atoms with Crippen LogP contribution < -0.4 is 0 Å².